The van der Waals surface area contributed by atoms with Gasteiger partial charge in [0, 0.05) is 5.57 Å². The summed E-state index contributed by atoms with van der Waals surface area (Å²) in [6.07, 6.45) is 1.36. The second-order valence-electron chi connectivity index (χ2n) is 3.10. The van der Waals surface area contributed by atoms with Gasteiger partial charge in [0.05, 0.1) is 6.42 Å². The third-order valence-corrected chi connectivity index (χ3v) is 1.67. The minimum atomic E-state index is -0.976. The molecule has 0 amide bonds. The van der Waals surface area contributed by atoms with Crippen molar-refractivity contribution in [1.29, 1.82) is 0 Å². The van der Waals surface area contributed by atoms with Crippen molar-refractivity contribution >= 4 is 11.9 Å². The summed E-state index contributed by atoms with van der Waals surface area (Å²) in [5, 5.41) is 8.49. The molecule has 1 aliphatic heterocycles. The Bertz CT molecular complexity index is 266. The highest BCUT2D eigenvalue weighted by Crippen LogP contribution is 2.27. The van der Waals surface area contributed by atoms with Gasteiger partial charge in [-0.15, -0.1) is 0 Å². The minimum Gasteiger partial charge on any atom is -0.481 e. The Hall–Kier alpha value is -1.32. The average molecular weight is 170 g/mol. The van der Waals surface area contributed by atoms with Crippen LogP contribution in [0.25, 0.3) is 0 Å². The van der Waals surface area contributed by atoms with Crippen molar-refractivity contribution in [3.8, 4) is 0 Å². The van der Waals surface area contributed by atoms with Crippen molar-refractivity contribution in [2.75, 3.05) is 0 Å². The van der Waals surface area contributed by atoms with Gasteiger partial charge in [0.25, 0.3) is 0 Å². The van der Waals surface area contributed by atoms with Gasteiger partial charge in [0.1, 0.15) is 5.60 Å². The number of rotatable bonds is 2. The molecule has 1 N–H and O–H groups in total. The maximum absolute atomic E-state index is 10.9. The first-order valence-electron chi connectivity index (χ1n) is 3.57. The Morgan fingerprint density at radius 1 is 1.75 bits per heavy atom. The van der Waals surface area contributed by atoms with Crippen LogP contribution in [0.5, 0.6) is 0 Å². The van der Waals surface area contributed by atoms with E-state index in [1.54, 1.807) is 19.9 Å². The van der Waals surface area contributed by atoms with Gasteiger partial charge in [-0.25, -0.2) is 4.79 Å². The third-order valence-electron chi connectivity index (χ3n) is 1.67. The molecule has 0 bridgehead atoms. The number of hydrogen-bond donors (Lipinski definition) is 1. The fourth-order valence-corrected chi connectivity index (χ4v) is 1.23. The topological polar surface area (TPSA) is 63.6 Å². The van der Waals surface area contributed by atoms with Gasteiger partial charge < -0.3 is 9.84 Å². The number of aliphatic carboxylic acids is 1. The smallest absolute Gasteiger partial charge is 0.334 e. The summed E-state index contributed by atoms with van der Waals surface area (Å²) >= 11 is 0. The molecular weight excluding hydrogens is 160 g/mol. The van der Waals surface area contributed by atoms with Crippen molar-refractivity contribution in [1.82, 2.24) is 0 Å². The zero-order valence-electron chi connectivity index (χ0n) is 6.96. The van der Waals surface area contributed by atoms with Crippen LogP contribution in [0.2, 0.25) is 0 Å². The number of carboxylic acid groups (broad SMARTS) is 1. The lowest BCUT2D eigenvalue weighted by atomic mass is 10.0. The van der Waals surface area contributed by atoms with Crippen LogP contribution in [0, 0.1) is 0 Å². The summed E-state index contributed by atoms with van der Waals surface area (Å²) < 4.78 is 4.86. The Labute approximate surface area is 69.8 Å². The van der Waals surface area contributed by atoms with Gasteiger partial charge >= 0.3 is 11.9 Å². The Balaban J connectivity index is 2.77. The second kappa shape index (κ2) is 2.62. The molecule has 4 nitrogen and oxygen atoms in total. The molecule has 66 valence electrons. The number of hydrogen-bond acceptors (Lipinski definition) is 3. The summed E-state index contributed by atoms with van der Waals surface area (Å²) in [6, 6.07) is 0. The summed E-state index contributed by atoms with van der Waals surface area (Å²) in [5.74, 6) is -1.41. The molecule has 1 atom stereocenters. The molecule has 0 aromatic heterocycles. The Morgan fingerprint density at radius 3 is 2.67 bits per heavy atom. The van der Waals surface area contributed by atoms with E-state index in [0.717, 1.165) is 0 Å². The fraction of sp³-hybridized carbons (Fsp3) is 0.500. The average Bonchev–Trinajstić information content (AvgIpc) is 2.04. The summed E-state index contributed by atoms with van der Waals surface area (Å²) in [4.78, 5) is 21.2. The molecule has 0 aromatic carbocycles. The summed E-state index contributed by atoms with van der Waals surface area (Å²) in [6.45, 7) is 3.19. The fourth-order valence-electron chi connectivity index (χ4n) is 1.23. The highest BCUT2D eigenvalue weighted by molar-refractivity contribution is 5.91. The molecule has 0 saturated heterocycles. The maximum atomic E-state index is 10.9. The van der Waals surface area contributed by atoms with Crippen LogP contribution in [0.1, 0.15) is 20.3 Å². The standard InChI is InChI=1S/C8H10O4/c1-5-3-8(2,4-6(9)10)12-7(5)11/h3H,4H2,1-2H3,(H,9,10). The number of esters is 1. The number of ether oxygens (including phenoxy) is 1. The Morgan fingerprint density at radius 2 is 2.33 bits per heavy atom. The number of carbonyl (C=O) groups excluding carboxylic acids is 1. The van der Waals surface area contributed by atoms with Gasteiger partial charge in [-0.2, -0.15) is 0 Å². The second-order valence-corrected chi connectivity index (χ2v) is 3.10. The van der Waals surface area contributed by atoms with Crippen molar-refractivity contribution in [2.24, 2.45) is 0 Å². The summed E-state index contributed by atoms with van der Waals surface area (Å²) in [7, 11) is 0. The molecular formula is C8H10O4. The molecule has 0 radical (unpaired) electrons. The van der Waals surface area contributed by atoms with Crippen LogP contribution in [-0.2, 0) is 14.3 Å². The van der Waals surface area contributed by atoms with E-state index in [-0.39, 0.29) is 6.42 Å². The van der Waals surface area contributed by atoms with Crippen molar-refractivity contribution in [3.63, 3.8) is 0 Å². The van der Waals surface area contributed by atoms with Gasteiger partial charge in [-0.05, 0) is 19.9 Å². The van der Waals surface area contributed by atoms with Crippen LogP contribution in [-0.4, -0.2) is 22.6 Å². The molecule has 1 unspecified atom stereocenters. The molecule has 0 aliphatic carbocycles. The van der Waals surface area contributed by atoms with Crippen LogP contribution in [0.15, 0.2) is 11.6 Å². The van der Waals surface area contributed by atoms with Crippen molar-refractivity contribution in [3.05, 3.63) is 11.6 Å². The zero-order valence-corrected chi connectivity index (χ0v) is 6.96. The minimum absolute atomic E-state index is 0.184. The highest BCUT2D eigenvalue weighted by atomic mass is 16.6. The summed E-state index contributed by atoms with van der Waals surface area (Å²) in [5.41, 5.74) is -0.480. The van der Waals surface area contributed by atoms with E-state index in [4.69, 9.17) is 9.84 Å². The first-order chi connectivity index (χ1) is 5.43. The normalized spacial score (nSPS) is 28.2. The number of carboxylic acids is 1. The van der Waals surface area contributed by atoms with Crippen molar-refractivity contribution < 1.29 is 19.4 Å². The predicted octanol–water partition coefficient (Wildman–Crippen LogP) is 0.723. The van der Waals surface area contributed by atoms with Gasteiger partial charge in [0.15, 0.2) is 0 Å². The SMILES string of the molecule is CC1=CC(C)(CC(=O)O)OC1=O. The lowest BCUT2D eigenvalue weighted by Crippen LogP contribution is -2.27. The van der Waals surface area contributed by atoms with Crippen LogP contribution in [0.4, 0.5) is 0 Å². The molecule has 1 rings (SSSR count). The quantitative estimate of drug-likeness (QED) is 0.620. The van der Waals surface area contributed by atoms with E-state index in [2.05, 4.69) is 0 Å². The number of cyclic esters (lactones) is 1. The molecule has 1 heterocycles. The number of carbonyl (C=O) groups is 2. The van der Waals surface area contributed by atoms with E-state index >= 15 is 0 Å². The van der Waals surface area contributed by atoms with E-state index in [0.29, 0.717) is 5.57 Å². The molecule has 0 aromatic rings. The van der Waals surface area contributed by atoms with E-state index < -0.39 is 17.5 Å². The maximum Gasteiger partial charge on any atom is 0.334 e. The zero-order chi connectivity index (χ0) is 9.35. The van der Waals surface area contributed by atoms with Crippen LogP contribution < -0.4 is 0 Å². The van der Waals surface area contributed by atoms with E-state index in [1.165, 1.54) is 0 Å². The lowest BCUT2D eigenvalue weighted by Gasteiger charge is -2.17. The first kappa shape index (κ1) is 8.77. The lowest BCUT2D eigenvalue weighted by molar-refractivity contribution is -0.151. The highest BCUT2D eigenvalue weighted by Gasteiger charge is 2.35. The molecule has 1 aliphatic rings. The molecule has 4 heteroatoms. The third kappa shape index (κ3) is 1.64. The van der Waals surface area contributed by atoms with Gasteiger partial charge in [-0.3, -0.25) is 4.79 Å². The van der Waals surface area contributed by atoms with Gasteiger partial charge in [0.2, 0.25) is 0 Å². The molecule has 12 heavy (non-hydrogen) atoms. The molecule has 0 spiro atoms. The monoisotopic (exact) mass is 170 g/mol. The largest absolute Gasteiger partial charge is 0.481 e. The predicted molar refractivity (Wildman–Crippen MR) is 40.5 cm³/mol. The van der Waals surface area contributed by atoms with Crippen molar-refractivity contribution in [2.45, 2.75) is 25.9 Å². The first-order valence-corrected chi connectivity index (χ1v) is 3.57. The van der Waals surface area contributed by atoms with E-state index in [9.17, 15) is 9.59 Å². The Kier molecular flexibility index (Phi) is 1.92. The van der Waals surface area contributed by atoms with Gasteiger partial charge in [-0.1, -0.05) is 0 Å². The molecule has 0 fully saturated rings. The van der Waals surface area contributed by atoms with E-state index in [1.807, 2.05) is 0 Å². The molecule has 0 saturated carbocycles. The van der Waals surface area contributed by atoms with Crippen LogP contribution >= 0.6 is 0 Å². The van der Waals surface area contributed by atoms with Crippen LogP contribution in [0.3, 0.4) is 0 Å².